The topological polar surface area (TPSA) is 163 Å². The molecule has 15 heteroatoms. The van der Waals surface area contributed by atoms with Crippen molar-refractivity contribution >= 4 is 43.3 Å². The Bertz CT molecular complexity index is 1750. The number of hydrogen-bond acceptors (Lipinski definition) is 9. The van der Waals surface area contributed by atoms with Crippen LogP contribution < -0.4 is 21.3 Å². The van der Waals surface area contributed by atoms with Gasteiger partial charge in [0, 0.05) is 17.9 Å². The minimum atomic E-state index is -3.46. The summed E-state index contributed by atoms with van der Waals surface area (Å²) in [7, 11) is -2.12. The Kier molecular flexibility index (Phi) is 9.69. The molecule has 12 nitrogen and oxygen atoms in total. The summed E-state index contributed by atoms with van der Waals surface area (Å²) >= 11 is 0.696. The second-order valence-corrected chi connectivity index (χ2v) is 13.9. The molecule has 3 rings (SSSR count). The summed E-state index contributed by atoms with van der Waals surface area (Å²) in [5.74, 6) is -2.79. The number of halogens is 1. The SMILES string of the molecule is COc1ccc(F)cc1[C@H](Cn1c(=O)n(C(C)(C)C(=O)NC(C)C)c(=O)c2c(C)c(C(=O)O)sc21)OCCS(C)(=O)=O. The summed E-state index contributed by atoms with van der Waals surface area (Å²) in [6.07, 6.45) is -0.169. The fraction of sp³-hybridized carbons (Fsp3) is 0.481. The maximum Gasteiger partial charge on any atom is 0.346 e. The van der Waals surface area contributed by atoms with E-state index in [0.29, 0.717) is 11.3 Å². The largest absolute Gasteiger partial charge is 0.496 e. The Labute approximate surface area is 245 Å². The minimum Gasteiger partial charge on any atom is -0.496 e. The molecule has 0 aliphatic rings. The number of methoxy groups -OCH3 is 1. The number of ether oxygens (including phenoxy) is 2. The van der Waals surface area contributed by atoms with E-state index in [-0.39, 0.29) is 50.4 Å². The molecule has 2 N–H and O–H groups in total. The standard InChI is InChI=1S/C27H34FN3O9S2/c1-14(2)29-25(35)27(4,5)31-22(32)20-15(3)21(24(33)34)41-23(20)30(26(31)36)13-19(40-10-11-42(7,37)38)17-12-16(28)8-9-18(17)39-6/h8-9,12,14,19H,10-11,13H2,1-7H3,(H,29,35)(H,33,34)/t19-/m0/s1. The number of carbonyl (C=O) groups excluding carboxylic acids is 1. The molecule has 1 atom stereocenters. The molecule has 0 unspecified atom stereocenters. The maximum atomic E-state index is 14.4. The molecule has 0 radical (unpaired) electrons. The van der Waals surface area contributed by atoms with Crippen LogP contribution in [-0.4, -0.2) is 66.3 Å². The Hall–Kier alpha value is -3.56. The van der Waals surface area contributed by atoms with Crippen molar-refractivity contribution in [2.24, 2.45) is 0 Å². The van der Waals surface area contributed by atoms with Gasteiger partial charge in [-0.1, -0.05) is 0 Å². The van der Waals surface area contributed by atoms with E-state index >= 15 is 0 Å². The molecule has 0 aliphatic heterocycles. The molecule has 3 aromatic rings. The Morgan fingerprint density at radius 2 is 1.86 bits per heavy atom. The van der Waals surface area contributed by atoms with Crippen molar-refractivity contribution in [1.82, 2.24) is 14.5 Å². The van der Waals surface area contributed by atoms with E-state index in [2.05, 4.69) is 5.32 Å². The van der Waals surface area contributed by atoms with E-state index in [1.807, 2.05) is 0 Å². The molecule has 0 fully saturated rings. The van der Waals surface area contributed by atoms with Gasteiger partial charge < -0.3 is 19.9 Å². The lowest BCUT2D eigenvalue weighted by molar-refractivity contribution is -0.129. The number of nitrogens with zero attached hydrogens (tertiary/aromatic N) is 2. The van der Waals surface area contributed by atoms with Gasteiger partial charge in [-0.2, -0.15) is 0 Å². The molecule has 42 heavy (non-hydrogen) atoms. The highest BCUT2D eigenvalue weighted by Gasteiger charge is 2.36. The normalized spacial score (nSPS) is 13.0. The molecule has 0 bridgehead atoms. The van der Waals surface area contributed by atoms with E-state index in [0.717, 1.165) is 27.5 Å². The summed E-state index contributed by atoms with van der Waals surface area (Å²) < 4.78 is 51.1. The van der Waals surface area contributed by atoms with Crippen molar-refractivity contribution in [2.75, 3.05) is 25.7 Å². The van der Waals surface area contributed by atoms with Crippen molar-refractivity contribution in [1.29, 1.82) is 0 Å². The predicted octanol–water partition coefficient (Wildman–Crippen LogP) is 2.44. The third-order valence-corrected chi connectivity index (χ3v) is 8.81. The van der Waals surface area contributed by atoms with E-state index in [4.69, 9.17) is 9.47 Å². The molecular formula is C27H34FN3O9S2. The Morgan fingerprint density at radius 1 is 1.21 bits per heavy atom. The van der Waals surface area contributed by atoms with Crippen LogP contribution in [-0.2, 0) is 31.5 Å². The number of fused-ring (bicyclic) bond motifs is 1. The van der Waals surface area contributed by atoms with Crippen molar-refractivity contribution in [3.8, 4) is 5.75 Å². The Morgan fingerprint density at radius 3 is 2.40 bits per heavy atom. The fourth-order valence-electron chi connectivity index (χ4n) is 4.45. The molecule has 1 aromatic carbocycles. The number of hydrogen-bond donors (Lipinski definition) is 2. The average Bonchev–Trinajstić information content (AvgIpc) is 3.21. The third kappa shape index (κ3) is 6.73. The van der Waals surface area contributed by atoms with Gasteiger partial charge in [0.05, 0.1) is 31.4 Å². The second kappa shape index (κ2) is 12.4. The number of aromatic carboxylic acids is 1. The van der Waals surface area contributed by atoms with Crippen LogP contribution in [0.2, 0.25) is 0 Å². The average molecular weight is 628 g/mol. The highest BCUT2D eigenvalue weighted by Crippen LogP contribution is 2.33. The smallest absolute Gasteiger partial charge is 0.346 e. The number of carboxylic acids is 1. The summed E-state index contributed by atoms with van der Waals surface area (Å²) in [4.78, 5) is 52.9. The van der Waals surface area contributed by atoms with Crippen LogP contribution in [0.15, 0.2) is 27.8 Å². The van der Waals surface area contributed by atoms with Crippen LogP contribution in [0.4, 0.5) is 4.39 Å². The van der Waals surface area contributed by atoms with Crippen LogP contribution >= 0.6 is 11.3 Å². The number of rotatable bonds is 12. The first-order valence-corrected chi connectivity index (χ1v) is 15.7. The zero-order valence-corrected chi connectivity index (χ0v) is 25.9. The van der Waals surface area contributed by atoms with Crippen LogP contribution in [0, 0.1) is 12.7 Å². The zero-order valence-electron chi connectivity index (χ0n) is 24.3. The molecule has 2 aromatic heterocycles. The predicted molar refractivity (Wildman–Crippen MR) is 156 cm³/mol. The highest BCUT2D eigenvalue weighted by atomic mass is 32.2. The summed E-state index contributed by atoms with van der Waals surface area (Å²) in [5.41, 5.74) is -3.26. The molecule has 2 heterocycles. The molecule has 0 spiro atoms. The van der Waals surface area contributed by atoms with Crippen molar-refractivity contribution in [2.45, 2.75) is 58.8 Å². The van der Waals surface area contributed by atoms with Gasteiger partial charge in [-0.25, -0.2) is 27.0 Å². The first kappa shape index (κ1) is 32.9. The number of sulfone groups is 1. The van der Waals surface area contributed by atoms with E-state index in [9.17, 15) is 37.1 Å². The number of amides is 1. The molecule has 0 saturated heterocycles. The third-order valence-electron chi connectivity index (χ3n) is 6.60. The first-order valence-electron chi connectivity index (χ1n) is 12.9. The maximum absolute atomic E-state index is 14.4. The lowest BCUT2D eigenvalue weighted by Gasteiger charge is -2.28. The zero-order chi connectivity index (χ0) is 31.7. The number of nitrogens with one attached hydrogen (secondary N) is 1. The van der Waals surface area contributed by atoms with E-state index < -0.39 is 57.0 Å². The van der Waals surface area contributed by atoms with Gasteiger partial charge in [-0.15, -0.1) is 11.3 Å². The lowest BCUT2D eigenvalue weighted by Crippen LogP contribution is -2.56. The number of benzene rings is 1. The van der Waals surface area contributed by atoms with E-state index in [1.54, 1.807) is 13.8 Å². The number of aryl methyl sites for hydroxylation is 1. The number of thiophene rings is 1. The van der Waals surface area contributed by atoms with Gasteiger partial charge in [0.25, 0.3) is 5.56 Å². The molecule has 230 valence electrons. The second-order valence-electron chi connectivity index (χ2n) is 10.6. The van der Waals surface area contributed by atoms with Gasteiger partial charge in [0.1, 0.15) is 42.8 Å². The quantitative estimate of drug-likeness (QED) is 0.307. The highest BCUT2D eigenvalue weighted by molar-refractivity contribution is 7.90. The van der Waals surface area contributed by atoms with Crippen LogP contribution in [0.25, 0.3) is 10.2 Å². The van der Waals surface area contributed by atoms with Gasteiger partial charge in [0.2, 0.25) is 5.91 Å². The summed E-state index contributed by atoms with van der Waals surface area (Å²) in [6.45, 7) is 6.90. The fourth-order valence-corrected chi connectivity index (χ4v) is 5.99. The van der Waals surface area contributed by atoms with Crippen LogP contribution in [0.5, 0.6) is 5.75 Å². The summed E-state index contributed by atoms with van der Waals surface area (Å²) in [5, 5.41) is 12.4. The van der Waals surface area contributed by atoms with Crippen molar-refractivity contribution < 1.29 is 37.0 Å². The minimum absolute atomic E-state index is 0.00306. The van der Waals surface area contributed by atoms with Crippen LogP contribution in [0.1, 0.15) is 54.6 Å². The molecule has 0 saturated carbocycles. The van der Waals surface area contributed by atoms with Gasteiger partial charge in [-0.3, -0.25) is 14.2 Å². The summed E-state index contributed by atoms with van der Waals surface area (Å²) in [6, 6.07) is 3.30. The lowest BCUT2D eigenvalue weighted by atomic mass is 10.0. The first-order chi connectivity index (χ1) is 19.4. The van der Waals surface area contributed by atoms with Gasteiger partial charge in [-0.05, 0) is 58.4 Å². The van der Waals surface area contributed by atoms with Crippen molar-refractivity contribution in [3.05, 3.63) is 60.9 Å². The Balaban J connectivity index is 2.37. The van der Waals surface area contributed by atoms with Crippen molar-refractivity contribution in [3.63, 3.8) is 0 Å². The number of aromatic nitrogens is 2. The van der Waals surface area contributed by atoms with Gasteiger partial charge >= 0.3 is 11.7 Å². The number of carbonyl (C=O) groups is 2. The van der Waals surface area contributed by atoms with Crippen LogP contribution in [0.3, 0.4) is 0 Å². The monoisotopic (exact) mass is 627 g/mol. The molecule has 0 aliphatic carbocycles. The number of carboxylic acid groups (broad SMARTS) is 1. The molecular weight excluding hydrogens is 593 g/mol. The van der Waals surface area contributed by atoms with E-state index in [1.165, 1.54) is 33.9 Å². The molecule has 1 amide bonds. The van der Waals surface area contributed by atoms with Gasteiger partial charge in [0.15, 0.2) is 0 Å².